The van der Waals surface area contributed by atoms with Gasteiger partial charge in [0.15, 0.2) is 0 Å². The number of hydrogen-bond donors (Lipinski definition) is 1. The van der Waals surface area contributed by atoms with Gasteiger partial charge in [-0.15, -0.1) is 0 Å². The fourth-order valence-corrected chi connectivity index (χ4v) is 3.50. The molecule has 1 aromatic heterocycles. The third-order valence-corrected chi connectivity index (χ3v) is 4.93. The van der Waals surface area contributed by atoms with Gasteiger partial charge in [0.05, 0.1) is 32.0 Å². The van der Waals surface area contributed by atoms with Crippen LogP contribution in [0.1, 0.15) is 32.7 Å². The van der Waals surface area contributed by atoms with Crippen LogP contribution in [0.15, 0.2) is 48.7 Å². The zero-order valence-electron chi connectivity index (χ0n) is 17.5. The SMILES string of the molecule is COC(=O)c1ccccc1-c1cc(C)cc(NCc2ncc(C)c(OC)c2C)c1. The summed E-state index contributed by atoms with van der Waals surface area (Å²) in [6, 6.07) is 13.6. The maximum atomic E-state index is 12.2. The monoisotopic (exact) mass is 390 g/mol. The zero-order valence-corrected chi connectivity index (χ0v) is 17.5. The molecular weight excluding hydrogens is 364 g/mol. The number of carbonyl (C=O) groups is 1. The highest BCUT2D eigenvalue weighted by Crippen LogP contribution is 2.29. The highest BCUT2D eigenvalue weighted by molar-refractivity contribution is 5.97. The first-order valence-corrected chi connectivity index (χ1v) is 9.47. The van der Waals surface area contributed by atoms with E-state index in [0.29, 0.717) is 12.1 Å². The summed E-state index contributed by atoms with van der Waals surface area (Å²) < 4.78 is 10.4. The minimum atomic E-state index is -0.344. The number of carbonyl (C=O) groups excluding carboxylic acids is 1. The number of esters is 1. The molecule has 5 heteroatoms. The van der Waals surface area contributed by atoms with E-state index in [4.69, 9.17) is 9.47 Å². The van der Waals surface area contributed by atoms with Crippen molar-refractivity contribution in [2.45, 2.75) is 27.3 Å². The van der Waals surface area contributed by atoms with Gasteiger partial charge in [-0.1, -0.05) is 24.3 Å². The molecule has 3 rings (SSSR count). The maximum absolute atomic E-state index is 12.2. The van der Waals surface area contributed by atoms with Crippen molar-refractivity contribution in [3.8, 4) is 16.9 Å². The number of rotatable bonds is 6. The third kappa shape index (κ3) is 4.40. The average Bonchev–Trinajstić information content (AvgIpc) is 2.72. The molecule has 0 bridgehead atoms. The Hall–Kier alpha value is -3.34. The number of methoxy groups -OCH3 is 2. The molecule has 29 heavy (non-hydrogen) atoms. The molecule has 150 valence electrons. The summed E-state index contributed by atoms with van der Waals surface area (Å²) in [6.45, 7) is 6.61. The van der Waals surface area contributed by atoms with Crippen molar-refractivity contribution < 1.29 is 14.3 Å². The smallest absolute Gasteiger partial charge is 0.338 e. The summed E-state index contributed by atoms with van der Waals surface area (Å²) in [6.07, 6.45) is 1.83. The van der Waals surface area contributed by atoms with Gasteiger partial charge in [-0.05, 0) is 55.7 Å². The summed E-state index contributed by atoms with van der Waals surface area (Å²) in [7, 11) is 3.08. The van der Waals surface area contributed by atoms with Gasteiger partial charge in [-0.3, -0.25) is 4.98 Å². The van der Waals surface area contributed by atoms with Crippen LogP contribution in [-0.4, -0.2) is 25.2 Å². The van der Waals surface area contributed by atoms with E-state index in [1.807, 2.05) is 51.2 Å². The number of aromatic nitrogens is 1. The lowest BCUT2D eigenvalue weighted by Gasteiger charge is -2.15. The number of anilines is 1. The van der Waals surface area contributed by atoms with Crippen LogP contribution in [0.4, 0.5) is 5.69 Å². The molecule has 1 N–H and O–H groups in total. The van der Waals surface area contributed by atoms with E-state index >= 15 is 0 Å². The van der Waals surface area contributed by atoms with Crippen LogP contribution in [0.5, 0.6) is 5.75 Å². The van der Waals surface area contributed by atoms with E-state index in [2.05, 4.69) is 22.4 Å². The average molecular weight is 390 g/mol. The second-order valence-corrected chi connectivity index (χ2v) is 7.02. The summed E-state index contributed by atoms with van der Waals surface area (Å²) in [4.78, 5) is 16.7. The van der Waals surface area contributed by atoms with Crippen LogP contribution < -0.4 is 10.1 Å². The van der Waals surface area contributed by atoms with Gasteiger partial charge >= 0.3 is 5.97 Å². The minimum absolute atomic E-state index is 0.344. The van der Waals surface area contributed by atoms with Gasteiger partial charge in [0.1, 0.15) is 5.75 Å². The molecular formula is C24H26N2O3. The predicted molar refractivity (Wildman–Crippen MR) is 116 cm³/mol. The van der Waals surface area contributed by atoms with Gasteiger partial charge in [0, 0.05) is 23.0 Å². The number of nitrogens with one attached hydrogen (secondary N) is 1. The molecule has 0 atom stereocenters. The fraction of sp³-hybridized carbons (Fsp3) is 0.250. The first-order valence-electron chi connectivity index (χ1n) is 9.47. The first-order chi connectivity index (χ1) is 13.9. The van der Waals surface area contributed by atoms with Crippen LogP contribution in [0.3, 0.4) is 0 Å². The molecule has 0 radical (unpaired) electrons. The number of hydrogen-bond acceptors (Lipinski definition) is 5. The molecule has 0 fully saturated rings. The van der Waals surface area contributed by atoms with Crippen molar-refractivity contribution in [2.75, 3.05) is 19.5 Å². The Balaban J connectivity index is 1.91. The van der Waals surface area contributed by atoms with Crippen LogP contribution in [0, 0.1) is 20.8 Å². The van der Waals surface area contributed by atoms with E-state index in [1.54, 1.807) is 13.2 Å². The van der Waals surface area contributed by atoms with Gasteiger partial charge in [-0.25, -0.2) is 4.79 Å². The van der Waals surface area contributed by atoms with Crippen LogP contribution in [0.2, 0.25) is 0 Å². The van der Waals surface area contributed by atoms with Crippen molar-refractivity contribution in [3.63, 3.8) is 0 Å². The van der Waals surface area contributed by atoms with E-state index in [0.717, 1.165) is 44.9 Å². The molecule has 3 aromatic rings. The Morgan fingerprint density at radius 2 is 1.83 bits per heavy atom. The standard InChI is InChI=1S/C24H26N2O3/c1-15-10-18(20-8-6-7-9-21(20)24(27)29-5)12-19(11-15)25-14-22-17(3)23(28-4)16(2)13-26-22/h6-13,25H,14H2,1-5H3. The molecule has 0 aliphatic heterocycles. The molecule has 0 aliphatic carbocycles. The summed E-state index contributed by atoms with van der Waals surface area (Å²) in [5, 5.41) is 3.45. The Morgan fingerprint density at radius 3 is 2.55 bits per heavy atom. The van der Waals surface area contributed by atoms with E-state index < -0.39 is 0 Å². The van der Waals surface area contributed by atoms with Crippen molar-refractivity contribution in [3.05, 3.63) is 76.6 Å². The summed E-state index contributed by atoms with van der Waals surface area (Å²) in [5.41, 5.74) is 7.39. The topological polar surface area (TPSA) is 60.5 Å². The van der Waals surface area contributed by atoms with Crippen LogP contribution >= 0.6 is 0 Å². The summed E-state index contributed by atoms with van der Waals surface area (Å²) in [5.74, 6) is 0.525. The first kappa shape index (κ1) is 20.4. The van der Waals surface area contributed by atoms with Crippen molar-refractivity contribution in [1.29, 1.82) is 0 Å². The summed E-state index contributed by atoms with van der Waals surface area (Å²) >= 11 is 0. The maximum Gasteiger partial charge on any atom is 0.338 e. The second-order valence-electron chi connectivity index (χ2n) is 7.02. The quantitative estimate of drug-likeness (QED) is 0.595. The highest BCUT2D eigenvalue weighted by atomic mass is 16.5. The molecule has 0 unspecified atom stereocenters. The van der Waals surface area contributed by atoms with Crippen LogP contribution in [-0.2, 0) is 11.3 Å². The number of benzene rings is 2. The zero-order chi connectivity index (χ0) is 21.0. The minimum Gasteiger partial charge on any atom is -0.496 e. The molecule has 5 nitrogen and oxygen atoms in total. The Bertz CT molecular complexity index is 1040. The Kier molecular flexibility index (Phi) is 6.17. The van der Waals surface area contributed by atoms with Gasteiger partial charge in [0.2, 0.25) is 0 Å². The number of pyridine rings is 1. The lowest BCUT2D eigenvalue weighted by atomic mass is 9.97. The highest BCUT2D eigenvalue weighted by Gasteiger charge is 2.14. The number of aryl methyl sites for hydroxylation is 2. The normalized spacial score (nSPS) is 10.5. The predicted octanol–water partition coefficient (Wildman–Crippen LogP) is 5.08. The molecule has 0 spiro atoms. The fourth-order valence-electron chi connectivity index (χ4n) is 3.50. The second kappa shape index (κ2) is 8.78. The Morgan fingerprint density at radius 1 is 1.07 bits per heavy atom. The molecule has 0 saturated heterocycles. The Labute approximate surface area is 171 Å². The number of nitrogens with zero attached hydrogens (tertiary/aromatic N) is 1. The van der Waals surface area contributed by atoms with Gasteiger partial charge < -0.3 is 14.8 Å². The molecule has 2 aromatic carbocycles. The van der Waals surface area contributed by atoms with E-state index in [9.17, 15) is 4.79 Å². The molecule has 0 aliphatic rings. The van der Waals surface area contributed by atoms with Crippen molar-refractivity contribution in [2.24, 2.45) is 0 Å². The van der Waals surface area contributed by atoms with Crippen molar-refractivity contribution >= 4 is 11.7 Å². The van der Waals surface area contributed by atoms with Crippen LogP contribution in [0.25, 0.3) is 11.1 Å². The lowest BCUT2D eigenvalue weighted by molar-refractivity contribution is 0.0601. The lowest BCUT2D eigenvalue weighted by Crippen LogP contribution is -2.07. The van der Waals surface area contributed by atoms with Gasteiger partial charge in [-0.2, -0.15) is 0 Å². The molecule has 0 amide bonds. The largest absolute Gasteiger partial charge is 0.496 e. The van der Waals surface area contributed by atoms with Gasteiger partial charge in [0.25, 0.3) is 0 Å². The number of ether oxygens (including phenoxy) is 2. The third-order valence-electron chi connectivity index (χ3n) is 4.93. The molecule has 1 heterocycles. The molecule has 0 saturated carbocycles. The van der Waals surface area contributed by atoms with Crippen molar-refractivity contribution in [1.82, 2.24) is 4.98 Å². The van der Waals surface area contributed by atoms with E-state index in [-0.39, 0.29) is 5.97 Å². The van der Waals surface area contributed by atoms with E-state index in [1.165, 1.54) is 7.11 Å².